The Morgan fingerprint density at radius 1 is 1.27 bits per heavy atom. The van der Waals surface area contributed by atoms with Crippen LogP contribution >= 0.6 is 0 Å². The Hall–Kier alpha value is -3.09. The maximum Gasteiger partial charge on any atom is 0.341 e. The summed E-state index contributed by atoms with van der Waals surface area (Å²) in [5.74, 6) is -0.167. The molecule has 0 spiro atoms. The number of aliphatic carboxylic acids is 1. The predicted molar refractivity (Wildman–Crippen MR) is 111 cm³/mol. The number of carboxylic acid groups (broad SMARTS) is 1. The Labute approximate surface area is 178 Å². The molecular weight excluding hydrogens is 408 g/mol. The normalized spacial score (nSPS) is 11.6. The number of carboxylic acids is 1. The lowest BCUT2D eigenvalue weighted by atomic mass is 9.99. The summed E-state index contributed by atoms with van der Waals surface area (Å²) in [6.45, 7) is 3.56. The third-order valence-corrected chi connectivity index (χ3v) is 5.19. The molecular formula is C21H23N2O6S-. The number of nitriles is 1. The van der Waals surface area contributed by atoms with Crippen LogP contribution < -0.4 is 13.8 Å². The molecule has 0 fully saturated rings. The first kappa shape index (κ1) is 23.2. The molecule has 0 aromatic heterocycles. The van der Waals surface area contributed by atoms with Crippen LogP contribution in [0, 0.1) is 11.3 Å². The Morgan fingerprint density at radius 3 is 2.57 bits per heavy atom. The fraction of sp³-hybridized carbons (Fsp3) is 0.333. The summed E-state index contributed by atoms with van der Waals surface area (Å²) in [5.41, 5.74) is 2.20. The van der Waals surface area contributed by atoms with Crippen molar-refractivity contribution < 1.29 is 28.1 Å². The van der Waals surface area contributed by atoms with Crippen molar-refractivity contribution in [2.45, 2.75) is 26.2 Å². The van der Waals surface area contributed by atoms with E-state index >= 15 is 0 Å². The fourth-order valence-electron chi connectivity index (χ4n) is 2.86. The van der Waals surface area contributed by atoms with E-state index in [4.69, 9.17) is 19.8 Å². The van der Waals surface area contributed by atoms with Gasteiger partial charge in [-0.2, -0.15) is 5.26 Å². The van der Waals surface area contributed by atoms with Crippen molar-refractivity contribution in [1.82, 2.24) is 0 Å². The summed E-state index contributed by atoms with van der Waals surface area (Å²) in [5, 5.41) is 18.1. The van der Waals surface area contributed by atoms with Gasteiger partial charge in [0.1, 0.15) is 11.5 Å². The summed E-state index contributed by atoms with van der Waals surface area (Å²) in [6, 6.07) is 12.0. The summed E-state index contributed by atoms with van der Waals surface area (Å²) >= 11 is -2.62. The van der Waals surface area contributed by atoms with E-state index in [1.54, 1.807) is 12.1 Å². The molecule has 1 N–H and O–H groups in total. The maximum atomic E-state index is 11.9. The summed E-state index contributed by atoms with van der Waals surface area (Å²) in [6.07, 6.45) is 0.265. The van der Waals surface area contributed by atoms with Gasteiger partial charge in [0, 0.05) is 17.8 Å². The lowest BCUT2D eigenvalue weighted by Crippen LogP contribution is -2.28. The number of hydrogen-bond acceptors (Lipinski definition) is 6. The van der Waals surface area contributed by atoms with E-state index in [-0.39, 0.29) is 24.6 Å². The van der Waals surface area contributed by atoms with E-state index in [2.05, 4.69) is 0 Å². The number of benzene rings is 2. The zero-order chi connectivity index (χ0) is 22.3. The molecule has 0 aliphatic carbocycles. The van der Waals surface area contributed by atoms with Crippen LogP contribution in [0.4, 0.5) is 5.69 Å². The topological polar surface area (TPSA) is 123 Å². The monoisotopic (exact) mass is 431 g/mol. The highest BCUT2D eigenvalue weighted by molar-refractivity contribution is 7.80. The third kappa shape index (κ3) is 5.95. The average Bonchev–Trinajstić information content (AvgIpc) is 2.72. The van der Waals surface area contributed by atoms with Crippen molar-refractivity contribution in [1.29, 1.82) is 5.26 Å². The van der Waals surface area contributed by atoms with Crippen LogP contribution in [0.15, 0.2) is 36.4 Å². The predicted octanol–water partition coefficient (Wildman–Crippen LogP) is 3.00. The molecule has 0 bridgehead atoms. The van der Waals surface area contributed by atoms with Crippen molar-refractivity contribution in [3.8, 4) is 17.6 Å². The van der Waals surface area contributed by atoms with Crippen LogP contribution in [-0.4, -0.2) is 40.1 Å². The quantitative estimate of drug-likeness (QED) is 0.574. The van der Waals surface area contributed by atoms with Gasteiger partial charge in [0.05, 0.1) is 24.4 Å². The molecule has 1 unspecified atom stereocenters. The number of methoxy groups -OCH3 is 1. The second-order valence-electron chi connectivity index (χ2n) is 6.77. The Kier molecular flexibility index (Phi) is 8.21. The summed E-state index contributed by atoms with van der Waals surface area (Å²) in [7, 11) is 1.42. The van der Waals surface area contributed by atoms with Crippen LogP contribution in [0.1, 0.15) is 36.5 Å². The molecule has 1 atom stereocenters. The Bertz CT molecular complexity index is 970. The lowest BCUT2D eigenvalue weighted by Gasteiger charge is -2.28. The van der Waals surface area contributed by atoms with Gasteiger partial charge in [0.2, 0.25) is 0 Å². The molecule has 2 aromatic rings. The largest absolute Gasteiger partial charge is 0.755 e. The first-order valence-corrected chi connectivity index (χ1v) is 10.2. The van der Waals surface area contributed by atoms with Gasteiger partial charge in [-0.25, -0.2) is 4.79 Å². The Morgan fingerprint density at radius 2 is 2.00 bits per heavy atom. The molecule has 0 saturated carbocycles. The molecule has 9 heteroatoms. The summed E-state index contributed by atoms with van der Waals surface area (Å²) in [4.78, 5) is 10.9. The highest BCUT2D eigenvalue weighted by Gasteiger charge is 2.16. The molecule has 0 radical (unpaired) electrons. The van der Waals surface area contributed by atoms with Crippen molar-refractivity contribution >= 4 is 22.9 Å². The van der Waals surface area contributed by atoms with Crippen molar-refractivity contribution in [2.75, 3.05) is 24.6 Å². The van der Waals surface area contributed by atoms with Crippen LogP contribution in [-0.2, 0) is 22.5 Å². The molecule has 2 aromatic carbocycles. The molecule has 2 rings (SSSR count). The third-order valence-electron chi connectivity index (χ3n) is 4.45. The molecule has 30 heavy (non-hydrogen) atoms. The lowest BCUT2D eigenvalue weighted by molar-refractivity contribution is -0.139. The minimum atomic E-state index is -2.62. The van der Waals surface area contributed by atoms with Gasteiger partial charge in [-0.05, 0) is 47.7 Å². The minimum absolute atomic E-state index is 0.0474. The van der Waals surface area contributed by atoms with Gasteiger partial charge in [-0.1, -0.05) is 26.0 Å². The summed E-state index contributed by atoms with van der Waals surface area (Å²) < 4.78 is 35.6. The molecule has 0 aliphatic heterocycles. The number of anilines is 1. The van der Waals surface area contributed by atoms with Crippen LogP contribution in [0.5, 0.6) is 11.5 Å². The van der Waals surface area contributed by atoms with Crippen molar-refractivity contribution in [3.63, 3.8) is 0 Å². The Balaban J connectivity index is 2.34. The fourth-order valence-corrected chi connectivity index (χ4v) is 3.41. The second kappa shape index (κ2) is 10.6. The van der Waals surface area contributed by atoms with Crippen LogP contribution in [0.3, 0.4) is 0 Å². The molecule has 0 amide bonds. The molecule has 0 heterocycles. The minimum Gasteiger partial charge on any atom is -0.755 e. The second-order valence-corrected chi connectivity index (χ2v) is 7.65. The number of carbonyl (C=O) groups is 1. The van der Waals surface area contributed by atoms with Crippen LogP contribution in [0.25, 0.3) is 0 Å². The van der Waals surface area contributed by atoms with E-state index in [0.717, 1.165) is 9.87 Å². The first-order valence-electron chi connectivity index (χ1n) is 9.19. The molecule has 8 nitrogen and oxygen atoms in total. The van der Waals surface area contributed by atoms with E-state index in [0.29, 0.717) is 22.6 Å². The number of rotatable bonds is 10. The highest BCUT2D eigenvalue weighted by atomic mass is 32.2. The van der Waals surface area contributed by atoms with Gasteiger partial charge < -0.3 is 19.1 Å². The van der Waals surface area contributed by atoms with Gasteiger partial charge in [0.25, 0.3) is 0 Å². The first-order chi connectivity index (χ1) is 14.3. The SMILES string of the molecule is COc1ccc(C#N)cc1N(CCc1ccc(C(C)C)cc1OCC(=O)O)S(=O)[O-]. The van der Waals surface area contributed by atoms with Gasteiger partial charge >= 0.3 is 5.97 Å². The highest BCUT2D eigenvalue weighted by Crippen LogP contribution is 2.31. The standard InChI is InChI=1S/C21H24N2O6S/c1-14(2)17-6-5-16(20(11-17)29-13-21(24)25)8-9-23(30(26)27)18-10-15(12-22)4-7-19(18)28-3/h4-7,10-11,14H,8-9,13H2,1-3H3,(H,24,25)(H,26,27)/p-1. The van der Waals surface area contributed by atoms with Crippen molar-refractivity contribution in [2.24, 2.45) is 0 Å². The van der Waals surface area contributed by atoms with Gasteiger partial charge in [-0.3, -0.25) is 8.51 Å². The molecule has 0 aliphatic rings. The number of ether oxygens (including phenoxy) is 2. The smallest absolute Gasteiger partial charge is 0.341 e. The number of nitrogens with zero attached hydrogens (tertiary/aromatic N) is 2. The van der Waals surface area contributed by atoms with E-state index in [1.807, 2.05) is 26.0 Å². The zero-order valence-electron chi connectivity index (χ0n) is 17.0. The number of hydrogen-bond donors (Lipinski definition) is 1. The average molecular weight is 431 g/mol. The molecule has 160 valence electrons. The zero-order valence-corrected chi connectivity index (χ0v) is 17.8. The molecule has 0 saturated heterocycles. The van der Waals surface area contributed by atoms with Crippen LogP contribution in [0.2, 0.25) is 0 Å². The van der Waals surface area contributed by atoms with E-state index < -0.39 is 23.8 Å². The van der Waals surface area contributed by atoms with Crippen molar-refractivity contribution in [3.05, 3.63) is 53.1 Å². The van der Waals surface area contributed by atoms with Gasteiger partial charge in [0.15, 0.2) is 6.61 Å². The van der Waals surface area contributed by atoms with E-state index in [9.17, 15) is 13.6 Å². The van der Waals surface area contributed by atoms with Gasteiger partial charge in [-0.15, -0.1) is 0 Å². The maximum absolute atomic E-state index is 11.9. The van der Waals surface area contributed by atoms with E-state index in [1.165, 1.54) is 25.3 Å².